The average Bonchev–Trinajstić information content (AvgIpc) is 3.18. The summed E-state index contributed by atoms with van der Waals surface area (Å²) in [7, 11) is 1.85. The van der Waals surface area contributed by atoms with Gasteiger partial charge in [-0.1, -0.05) is 0 Å². The van der Waals surface area contributed by atoms with E-state index in [2.05, 4.69) is 15.2 Å². The Morgan fingerprint density at radius 3 is 2.62 bits per heavy atom. The van der Waals surface area contributed by atoms with Crippen LogP contribution < -0.4 is 5.73 Å². The van der Waals surface area contributed by atoms with Gasteiger partial charge in [-0.25, -0.2) is 13.9 Å². The third-order valence-corrected chi connectivity index (χ3v) is 3.86. The van der Waals surface area contributed by atoms with Gasteiger partial charge in [0.2, 0.25) is 0 Å². The number of aryl methyl sites for hydroxylation is 1. The van der Waals surface area contributed by atoms with Crippen LogP contribution >= 0.6 is 0 Å². The fourth-order valence-corrected chi connectivity index (χ4v) is 2.76. The summed E-state index contributed by atoms with van der Waals surface area (Å²) < 4.78 is 16.7. The molecule has 0 aliphatic carbocycles. The van der Waals surface area contributed by atoms with Gasteiger partial charge in [0.05, 0.1) is 11.9 Å². The third-order valence-electron chi connectivity index (χ3n) is 3.86. The molecule has 2 N–H and O–H groups in total. The van der Waals surface area contributed by atoms with Crippen LogP contribution in [0.3, 0.4) is 0 Å². The lowest BCUT2D eigenvalue weighted by molar-refractivity contribution is 0.628. The molecule has 0 atom stereocenters. The van der Waals surface area contributed by atoms with Gasteiger partial charge < -0.3 is 5.73 Å². The third kappa shape index (κ3) is 2.35. The Hall–Kier alpha value is -3.06. The quantitative estimate of drug-likeness (QED) is 0.628. The largest absolute Gasteiger partial charge is 0.325 e. The first kappa shape index (κ1) is 14.5. The predicted octanol–water partition coefficient (Wildman–Crippen LogP) is 2.39. The second kappa shape index (κ2) is 5.54. The number of benzene rings is 1. The van der Waals surface area contributed by atoms with E-state index in [-0.39, 0.29) is 5.82 Å². The second-order valence-electron chi connectivity index (χ2n) is 5.52. The van der Waals surface area contributed by atoms with Crippen molar-refractivity contribution in [3.63, 3.8) is 0 Å². The number of nitrogens with two attached hydrogens (primary N) is 1. The Kier molecular flexibility index (Phi) is 3.35. The molecule has 0 amide bonds. The normalized spacial score (nSPS) is 11.3. The SMILES string of the molecule is Cn1cc(-c2ccnn3cc(CN)nc23)c(-c2ccc(F)cc2)n1. The van der Waals surface area contributed by atoms with Gasteiger partial charge in [-0.05, 0) is 30.3 Å². The van der Waals surface area contributed by atoms with Crippen LogP contribution in [0.5, 0.6) is 0 Å². The van der Waals surface area contributed by atoms with E-state index in [4.69, 9.17) is 5.73 Å². The van der Waals surface area contributed by atoms with Crippen molar-refractivity contribution in [3.8, 4) is 22.4 Å². The highest BCUT2D eigenvalue weighted by Crippen LogP contribution is 2.32. The van der Waals surface area contributed by atoms with Crippen LogP contribution in [-0.4, -0.2) is 24.4 Å². The smallest absolute Gasteiger partial charge is 0.161 e. The molecule has 0 bridgehead atoms. The molecule has 0 radical (unpaired) electrons. The van der Waals surface area contributed by atoms with Gasteiger partial charge in [0.25, 0.3) is 0 Å². The molecule has 0 fully saturated rings. The number of imidazole rings is 1. The highest BCUT2D eigenvalue weighted by Gasteiger charge is 2.16. The molecule has 0 spiro atoms. The van der Waals surface area contributed by atoms with Crippen LogP contribution in [0.2, 0.25) is 0 Å². The van der Waals surface area contributed by atoms with Crippen molar-refractivity contribution in [2.75, 3.05) is 0 Å². The minimum atomic E-state index is -0.275. The maximum atomic E-state index is 13.2. The number of fused-ring (bicyclic) bond motifs is 1. The zero-order valence-electron chi connectivity index (χ0n) is 13.0. The molecule has 0 saturated heterocycles. The standard InChI is InChI=1S/C17H15FN6/c1-23-10-15(16(22-23)11-2-4-12(18)5-3-11)14-6-7-20-24-9-13(8-19)21-17(14)24/h2-7,9-10H,8,19H2,1H3. The minimum absolute atomic E-state index is 0.275. The molecular formula is C17H15FN6. The topological polar surface area (TPSA) is 74.0 Å². The number of halogens is 1. The molecule has 120 valence electrons. The van der Waals surface area contributed by atoms with Crippen LogP contribution in [0.1, 0.15) is 5.69 Å². The Morgan fingerprint density at radius 1 is 1.08 bits per heavy atom. The lowest BCUT2D eigenvalue weighted by Crippen LogP contribution is -1.95. The van der Waals surface area contributed by atoms with Gasteiger partial charge in [-0.2, -0.15) is 10.2 Å². The lowest BCUT2D eigenvalue weighted by Gasteiger charge is -2.04. The van der Waals surface area contributed by atoms with Crippen molar-refractivity contribution in [1.29, 1.82) is 0 Å². The zero-order valence-corrected chi connectivity index (χ0v) is 13.0. The van der Waals surface area contributed by atoms with Crippen molar-refractivity contribution in [2.45, 2.75) is 6.54 Å². The summed E-state index contributed by atoms with van der Waals surface area (Å²) in [6.07, 6.45) is 5.45. The number of hydrogen-bond acceptors (Lipinski definition) is 4. The highest BCUT2D eigenvalue weighted by molar-refractivity contribution is 5.87. The van der Waals surface area contributed by atoms with Gasteiger partial charge in [0.1, 0.15) is 11.5 Å². The number of hydrogen-bond donors (Lipinski definition) is 1. The van der Waals surface area contributed by atoms with Gasteiger partial charge in [-0.3, -0.25) is 4.68 Å². The molecular weight excluding hydrogens is 307 g/mol. The molecule has 4 rings (SSSR count). The second-order valence-corrected chi connectivity index (χ2v) is 5.52. The molecule has 24 heavy (non-hydrogen) atoms. The van der Waals surface area contributed by atoms with Crippen molar-refractivity contribution in [3.05, 3.63) is 60.4 Å². The summed E-state index contributed by atoms with van der Waals surface area (Å²) in [5.74, 6) is -0.275. The molecule has 0 unspecified atom stereocenters. The van der Waals surface area contributed by atoms with E-state index in [0.29, 0.717) is 12.2 Å². The van der Waals surface area contributed by atoms with Crippen LogP contribution in [0.4, 0.5) is 4.39 Å². The Bertz CT molecular complexity index is 1020. The predicted molar refractivity (Wildman–Crippen MR) is 88.5 cm³/mol. The van der Waals surface area contributed by atoms with Crippen LogP contribution in [0.15, 0.2) is 48.9 Å². The fourth-order valence-electron chi connectivity index (χ4n) is 2.76. The summed E-state index contributed by atoms with van der Waals surface area (Å²) in [6.45, 7) is 0.348. The number of rotatable bonds is 3. The number of nitrogens with zero attached hydrogens (tertiary/aromatic N) is 5. The molecule has 3 heterocycles. The van der Waals surface area contributed by atoms with Crippen molar-refractivity contribution in [2.24, 2.45) is 12.8 Å². The van der Waals surface area contributed by atoms with Gasteiger partial charge >= 0.3 is 0 Å². The summed E-state index contributed by atoms with van der Waals surface area (Å²) in [6, 6.07) is 8.19. The van der Waals surface area contributed by atoms with E-state index in [1.54, 1.807) is 27.5 Å². The molecule has 6 nitrogen and oxygen atoms in total. The van der Waals surface area contributed by atoms with Crippen molar-refractivity contribution < 1.29 is 4.39 Å². The van der Waals surface area contributed by atoms with Crippen molar-refractivity contribution in [1.82, 2.24) is 24.4 Å². The first-order valence-corrected chi connectivity index (χ1v) is 7.49. The molecule has 1 aromatic carbocycles. The van der Waals surface area contributed by atoms with Gasteiger partial charge in [-0.15, -0.1) is 0 Å². The Labute approximate surface area is 137 Å². The maximum Gasteiger partial charge on any atom is 0.161 e. The van der Waals surface area contributed by atoms with E-state index in [1.165, 1.54) is 12.1 Å². The molecule has 4 aromatic rings. The van der Waals surface area contributed by atoms with E-state index in [9.17, 15) is 4.39 Å². The maximum absolute atomic E-state index is 13.2. The molecule has 3 aromatic heterocycles. The average molecular weight is 322 g/mol. The summed E-state index contributed by atoms with van der Waals surface area (Å²) in [5, 5.41) is 8.81. The van der Waals surface area contributed by atoms with Crippen LogP contribution in [0, 0.1) is 5.82 Å². The van der Waals surface area contributed by atoms with Crippen molar-refractivity contribution >= 4 is 5.65 Å². The molecule has 7 heteroatoms. The zero-order chi connectivity index (χ0) is 16.7. The molecule has 0 aliphatic rings. The van der Waals surface area contributed by atoms with Gasteiger partial charge in [0.15, 0.2) is 5.65 Å². The van der Waals surface area contributed by atoms with E-state index >= 15 is 0 Å². The minimum Gasteiger partial charge on any atom is -0.325 e. The van der Waals surface area contributed by atoms with Crippen LogP contribution in [-0.2, 0) is 13.6 Å². The van der Waals surface area contributed by atoms with E-state index in [1.807, 2.05) is 25.5 Å². The first-order valence-electron chi connectivity index (χ1n) is 7.49. The summed E-state index contributed by atoms with van der Waals surface area (Å²) >= 11 is 0. The first-order chi connectivity index (χ1) is 11.7. The summed E-state index contributed by atoms with van der Waals surface area (Å²) in [5.41, 5.74) is 10.6. The monoisotopic (exact) mass is 322 g/mol. The van der Waals surface area contributed by atoms with Gasteiger partial charge in [0, 0.05) is 42.7 Å². The summed E-state index contributed by atoms with van der Waals surface area (Å²) in [4.78, 5) is 4.54. The van der Waals surface area contributed by atoms with Crippen LogP contribution in [0.25, 0.3) is 28.0 Å². The number of aromatic nitrogens is 5. The Balaban J connectivity index is 1.94. The fraction of sp³-hybridized carbons (Fsp3) is 0.118. The molecule has 0 aliphatic heterocycles. The lowest BCUT2D eigenvalue weighted by atomic mass is 10.0. The Morgan fingerprint density at radius 2 is 1.88 bits per heavy atom. The highest BCUT2D eigenvalue weighted by atomic mass is 19.1. The van der Waals surface area contributed by atoms with E-state index < -0.39 is 0 Å². The molecule has 0 saturated carbocycles. The van der Waals surface area contributed by atoms with E-state index in [0.717, 1.165) is 28.1 Å².